The second-order valence-corrected chi connectivity index (χ2v) is 21.0. The molecular weight excluding hydrogens is 1150 g/mol. The van der Waals surface area contributed by atoms with Crippen LogP contribution in [-0.2, 0) is 76.9 Å². The van der Waals surface area contributed by atoms with E-state index in [0.29, 0.717) is 22.4 Å². The van der Waals surface area contributed by atoms with E-state index in [-0.39, 0.29) is 57.0 Å². The van der Waals surface area contributed by atoms with Crippen molar-refractivity contribution in [2.24, 2.45) is 0 Å². The van der Waals surface area contributed by atoms with Crippen LogP contribution in [0.3, 0.4) is 0 Å². The van der Waals surface area contributed by atoms with Crippen molar-refractivity contribution in [1.29, 1.82) is 0 Å². The zero-order chi connectivity index (χ0) is 64.0. The Hall–Kier alpha value is -8.93. The highest BCUT2D eigenvalue weighted by molar-refractivity contribution is 7.98. The molecule has 4 rings (SSSR count). The first-order valence-electron chi connectivity index (χ1n) is 27.7. The Balaban J connectivity index is 1.56. The van der Waals surface area contributed by atoms with Gasteiger partial charge in [0.05, 0.1) is 38.7 Å². The lowest BCUT2D eigenvalue weighted by Gasteiger charge is -2.33. The quantitative estimate of drug-likeness (QED) is 0.0239. The number of phenolic OH excluding ortho intramolecular Hbond substituents is 1. The van der Waals surface area contributed by atoms with E-state index < -0.39 is 146 Å². The number of aliphatic hydroxyl groups excluding tert-OH is 2. The number of carboxylic acids is 1. The van der Waals surface area contributed by atoms with Gasteiger partial charge >= 0.3 is 5.97 Å². The molecule has 29 heteroatoms. The van der Waals surface area contributed by atoms with Gasteiger partial charge in [0.15, 0.2) is 0 Å². The molecule has 0 saturated heterocycles. The second kappa shape index (κ2) is 36.8. The van der Waals surface area contributed by atoms with Gasteiger partial charge in [0, 0.05) is 65.3 Å². The number of nitrogens with one attached hydrogen (secondary N) is 8. The maximum absolute atomic E-state index is 14.6. The normalized spacial score (nSPS) is 13.3. The Kier molecular flexibility index (Phi) is 29.9. The minimum atomic E-state index is -1.81. The van der Waals surface area contributed by atoms with Crippen LogP contribution in [0.5, 0.6) is 5.75 Å². The van der Waals surface area contributed by atoms with Gasteiger partial charge in [-0.3, -0.25) is 52.7 Å². The molecule has 0 radical (unpaired) electrons. The van der Waals surface area contributed by atoms with Gasteiger partial charge in [-0.2, -0.15) is 11.8 Å². The van der Waals surface area contributed by atoms with E-state index >= 15 is 0 Å². The lowest BCUT2D eigenvalue weighted by Crippen LogP contribution is -2.61. The smallest absolute Gasteiger partial charge is 0.303 e. The number of thioether (sulfide) groups is 1. The van der Waals surface area contributed by atoms with Gasteiger partial charge in [-0.05, 0) is 60.6 Å². The Bertz CT molecular complexity index is 2910. The zero-order valence-corrected chi connectivity index (χ0v) is 49.9. The number of hydrogen-bond acceptors (Lipinski definition) is 17. The molecule has 1 heterocycles. The molecule has 12 N–H and O–H groups in total. The van der Waals surface area contributed by atoms with E-state index in [0.717, 1.165) is 0 Å². The molecule has 10 amide bonds. The lowest BCUT2D eigenvalue weighted by molar-refractivity contribution is -0.146. The van der Waals surface area contributed by atoms with E-state index in [2.05, 4.69) is 47.2 Å². The molecule has 87 heavy (non-hydrogen) atoms. The number of benzene rings is 3. The third kappa shape index (κ3) is 23.8. The molecular formula is C58H78N12O16S. The van der Waals surface area contributed by atoms with E-state index in [9.17, 15) is 73.2 Å². The Morgan fingerprint density at radius 2 is 1.16 bits per heavy atom. The molecule has 0 aliphatic heterocycles. The zero-order valence-electron chi connectivity index (χ0n) is 49.1. The first kappa shape index (κ1) is 70.6. The number of carbonyl (C=O) groups is 11. The number of aliphatic hydroxyl groups is 2. The van der Waals surface area contributed by atoms with Crippen molar-refractivity contribution in [2.75, 3.05) is 72.2 Å². The average Bonchev–Trinajstić information content (AvgIpc) is 4.17. The van der Waals surface area contributed by atoms with Crippen molar-refractivity contribution >= 4 is 76.8 Å². The summed E-state index contributed by atoms with van der Waals surface area (Å²) in [6.07, 6.45) is 3.01. The number of rotatable bonds is 37. The standard InChI is InChI=1S/C58H78N12O16S/c1-36(40-14-10-7-11-15-40)70(51(77)32-69(29-39-12-8-6-9-13-39)50(76)31-68(37(2)73)23-24-86-4)30-49(75)62-47(33-71)57(84)65-45(26-38-16-18-42(74)19-17-38)56(83)67-48(34-72)58(85)64-44(22-25-87-5)55(82)63-43(20-21-52(78)79)54(81)66-46(53(80)59-3)27-41-28-60-35-61-41/h6-19,28,35-36,43-48,71-72,74H,20-27,29-34H2,1-5H3,(H,59,80)(H,60,61)(H,62,75)(H,63,82)(H,64,85)(H,65,84)(H,66,81)(H,67,83)(H,78,79)/t36-,43-,44-,45-,46-,47-,48-/m0/s1. The van der Waals surface area contributed by atoms with E-state index in [1.807, 2.05) is 0 Å². The molecule has 0 aliphatic carbocycles. The van der Waals surface area contributed by atoms with Crippen LogP contribution in [0.1, 0.15) is 61.5 Å². The highest BCUT2D eigenvalue weighted by Crippen LogP contribution is 2.21. The molecule has 0 bridgehead atoms. The van der Waals surface area contributed by atoms with Gasteiger partial charge in [-0.15, -0.1) is 0 Å². The molecule has 3 aromatic carbocycles. The molecule has 4 aromatic rings. The van der Waals surface area contributed by atoms with Gasteiger partial charge < -0.3 is 82.1 Å². The Labute approximate surface area is 507 Å². The molecule has 0 saturated carbocycles. The number of methoxy groups -OCH3 is 1. The predicted molar refractivity (Wildman–Crippen MR) is 316 cm³/mol. The monoisotopic (exact) mass is 1230 g/mol. The average molecular weight is 1230 g/mol. The Morgan fingerprint density at radius 1 is 0.632 bits per heavy atom. The number of aromatic amines is 1. The van der Waals surface area contributed by atoms with E-state index in [1.165, 1.54) is 84.3 Å². The van der Waals surface area contributed by atoms with Gasteiger partial charge in [0.2, 0.25) is 59.1 Å². The number of aromatic hydroxyl groups is 1. The number of amides is 10. The number of carbonyl (C=O) groups excluding carboxylic acids is 10. The summed E-state index contributed by atoms with van der Waals surface area (Å²) >= 11 is 1.28. The second-order valence-electron chi connectivity index (χ2n) is 20.0. The van der Waals surface area contributed by atoms with Gasteiger partial charge in [-0.1, -0.05) is 72.8 Å². The number of aromatic nitrogens is 2. The number of hydrogen-bond donors (Lipinski definition) is 12. The SMILES string of the molecule is CNC(=O)[C@H](Cc1cnc[nH]1)NC(=O)[C@H](CCC(=O)O)NC(=O)[C@H](CCSC)NC(=O)[C@H](CO)NC(=O)[C@H](Cc1ccc(O)cc1)NC(=O)[C@H](CO)NC(=O)CN(C(=O)CN(Cc1ccccc1)C(=O)CN(CCOC)C(C)=O)[C@@H](C)c1ccccc1. The molecule has 1 aromatic heterocycles. The molecule has 0 fully saturated rings. The first-order chi connectivity index (χ1) is 41.6. The first-order valence-corrected chi connectivity index (χ1v) is 29.1. The van der Waals surface area contributed by atoms with Crippen molar-refractivity contribution < 1.29 is 77.9 Å². The summed E-state index contributed by atoms with van der Waals surface area (Å²) in [7, 11) is 2.78. The number of H-pyrrole nitrogens is 1. The number of aliphatic carboxylic acids is 1. The van der Waals surface area contributed by atoms with Crippen LogP contribution in [0.4, 0.5) is 0 Å². The van der Waals surface area contributed by atoms with Crippen LogP contribution in [0.2, 0.25) is 0 Å². The van der Waals surface area contributed by atoms with Crippen LogP contribution < -0.4 is 37.2 Å². The molecule has 0 aliphatic rings. The van der Waals surface area contributed by atoms with E-state index in [1.54, 1.807) is 73.8 Å². The largest absolute Gasteiger partial charge is 0.508 e. The van der Waals surface area contributed by atoms with Crippen LogP contribution in [0.15, 0.2) is 97.5 Å². The van der Waals surface area contributed by atoms with Gasteiger partial charge in [0.1, 0.15) is 55.1 Å². The highest BCUT2D eigenvalue weighted by atomic mass is 32.2. The van der Waals surface area contributed by atoms with Crippen molar-refractivity contribution in [3.05, 3.63) is 120 Å². The van der Waals surface area contributed by atoms with Gasteiger partial charge in [-0.25, -0.2) is 4.98 Å². The fourth-order valence-electron chi connectivity index (χ4n) is 8.72. The van der Waals surface area contributed by atoms with Crippen LogP contribution >= 0.6 is 11.8 Å². The summed E-state index contributed by atoms with van der Waals surface area (Å²) in [6.45, 7) is -0.651. The predicted octanol–water partition coefficient (Wildman–Crippen LogP) is -1.73. The van der Waals surface area contributed by atoms with Crippen molar-refractivity contribution in [3.8, 4) is 5.75 Å². The van der Waals surface area contributed by atoms with E-state index in [4.69, 9.17) is 4.74 Å². The number of carboxylic acid groups (broad SMARTS) is 1. The molecule has 0 spiro atoms. The fraction of sp³-hybridized carbons (Fsp3) is 0.448. The third-order valence-corrected chi connectivity index (χ3v) is 14.3. The summed E-state index contributed by atoms with van der Waals surface area (Å²) in [5.41, 5.74) is 2.08. The van der Waals surface area contributed by atoms with Crippen molar-refractivity contribution in [1.82, 2.24) is 61.9 Å². The molecule has 7 atom stereocenters. The minimum Gasteiger partial charge on any atom is -0.508 e. The lowest BCUT2D eigenvalue weighted by atomic mass is 10.0. The third-order valence-electron chi connectivity index (χ3n) is 13.7. The molecule has 0 unspecified atom stereocenters. The van der Waals surface area contributed by atoms with Crippen LogP contribution in [0, 0.1) is 0 Å². The summed E-state index contributed by atoms with van der Waals surface area (Å²) in [4.78, 5) is 160. The number of imidazole rings is 1. The topological polar surface area (TPSA) is 401 Å². The number of nitrogens with zero attached hydrogens (tertiary/aromatic N) is 4. The molecule has 28 nitrogen and oxygen atoms in total. The van der Waals surface area contributed by atoms with Gasteiger partial charge in [0.25, 0.3) is 0 Å². The van der Waals surface area contributed by atoms with Crippen molar-refractivity contribution in [3.63, 3.8) is 0 Å². The maximum Gasteiger partial charge on any atom is 0.303 e. The maximum atomic E-state index is 14.6. The van der Waals surface area contributed by atoms with Crippen LogP contribution in [-0.4, -0.2) is 219 Å². The number of phenols is 1. The Morgan fingerprint density at radius 3 is 1.70 bits per heavy atom. The van der Waals surface area contributed by atoms with Crippen molar-refractivity contribution in [2.45, 2.75) is 94.8 Å². The van der Waals surface area contributed by atoms with Crippen LogP contribution in [0.25, 0.3) is 0 Å². The summed E-state index contributed by atoms with van der Waals surface area (Å²) in [5.74, 6) is -9.64. The molecule has 472 valence electrons. The number of likely N-dealkylation sites (N-methyl/N-ethyl adjacent to an activating group) is 1. The highest BCUT2D eigenvalue weighted by Gasteiger charge is 2.35. The summed E-state index contributed by atoms with van der Waals surface area (Å²) in [5, 5.41) is 57.7. The summed E-state index contributed by atoms with van der Waals surface area (Å²) in [6, 6.07) is 12.6. The summed E-state index contributed by atoms with van der Waals surface area (Å²) < 4.78 is 5.12. The number of ether oxygens (including phenoxy) is 1. The minimum absolute atomic E-state index is 0.0506. The fourth-order valence-corrected chi connectivity index (χ4v) is 9.19.